The first-order chi connectivity index (χ1) is 16.4. The number of aryl methyl sites for hydroxylation is 2. The lowest BCUT2D eigenvalue weighted by atomic mass is 9.89. The molecule has 2 heterocycles. The van der Waals surface area contributed by atoms with E-state index in [0.29, 0.717) is 35.6 Å². The molecule has 2 aromatic carbocycles. The van der Waals surface area contributed by atoms with Crippen molar-refractivity contribution in [3.05, 3.63) is 70.9 Å². The number of fused-ring (bicyclic) bond motifs is 3. The van der Waals surface area contributed by atoms with Crippen LogP contribution < -0.4 is 9.04 Å². The van der Waals surface area contributed by atoms with E-state index in [2.05, 4.69) is 16.9 Å². The summed E-state index contributed by atoms with van der Waals surface area (Å²) in [5.74, 6) is 2.43. The summed E-state index contributed by atoms with van der Waals surface area (Å²) in [5.41, 5.74) is 1.94. The maximum atomic E-state index is 13.3. The van der Waals surface area contributed by atoms with Gasteiger partial charge in [0.2, 0.25) is 5.88 Å². The van der Waals surface area contributed by atoms with Gasteiger partial charge in [0.15, 0.2) is 0 Å². The van der Waals surface area contributed by atoms with Crippen molar-refractivity contribution < 1.29 is 13.2 Å². The predicted octanol–water partition coefficient (Wildman–Crippen LogP) is 6.13. The van der Waals surface area contributed by atoms with E-state index in [0.717, 1.165) is 29.5 Å². The van der Waals surface area contributed by atoms with Crippen molar-refractivity contribution in [2.45, 2.75) is 44.9 Å². The van der Waals surface area contributed by atoms with Crippen LogP contribution in [-0.4, -0.2) is 24.9 Å². The van der Waals surface area contributed by atoms with Gasteiger partial charge in [-0.3, -0.25) is 4.31 Å². The van der Waals surface area contributed by atoms with Gasteiger partial charge in [0.1, 0.15) is 16.4 Å². The maximum Gasteiger partial charge on any atom is 0.264 e. The normalized spacial score (nSPS) is 15.8. The Morgan fingerprint density at radius 2 is 1.82 bits per heavy atom. The fourth-order valence-electron chi connectivity index (χ4n) is 4.49. The lowest BCUT2D eigenvalue weighted by Crippen LogP contribution is -2.30. The van der Waals surface area contributed by atoms with Gasteiger partial charge in [-0.25, -0.2) is 13.4 Å². The molecule has 1 atom stereocenters. The van der Waals surface area contributed by atoms with Crippen LogP contribution >= 0.6 is 11.3 Å². The van der Waals surface area contributed by atoms with E-state index in [9.17, 15) is 8.42 Å². The van der Waals surface area contributed by atoms with Crippen LogP contribution in [0.5, 0.6) is 11.6 Å². The minimum atomic E-state index is -3.69. The zero-order valence-electron chi connectivity index (χ0n) is 19.5. The van der Waals surface area contributed by atoms with Crippen molar-refractivity contribution in [1.82, 2.24) is 9.97 Å². The Bertz CT molecular complexity index is 1430. The Hall–Kier alpha value is -2.97. The number of aromatic nitrogens is 2. The molecular formula is C26H27N3O3S2. The van der Waals surface area contributed by atoms with E-state index >= 15 is 0 Å². The molecular weight excluding hydrogens is 466 g/mol. The van der Waals surface area contributed by atoms with Crippen LogP contribution in [0.15, 0.2) is 59.5 Å². The molecule has 4 aromatic rings. The van der Waals surface area contributed by atoms with E-state index in [4.69, 9.17) is 4.74 Å². The first kappa shape index (κ1) is 22.8. The third kappa shape index (κ3) is 4.16. The van der Waals surface area contributed by atoms with Crippen molar-refractivity contribution in [3.63, 3.8) is 0 Å². The molecule has 0 N–H and O–H groups in total. The molecule has 0 fully saturated rings. The molecule has 0 spiro atoms. The van der Waals surface area contributed by atoms with Crippen LogP contribution in [0.4, 0.5) is 5.69 Å². The fourth-order valence-corrected chi connectivity index (χ4v) is 7.38. The van der Waals surface area contributed by atoms with E-state index in [-0.39, 0.29) is 4.90 Å². The average molecular weight is 494 g/mol. The summed E-state index contributed by atoms with van der Waals surface area (Å²) < 4.78 is 34.2. The molecule has 0 amide bonds. The Morgan fingerprint density at radius 1 is 1.09 bits per heavy atom. The molecule has 0 bridgehead atoms. The Morgan fingerprint density at radius 3 is 2.53 bits per heavy atom. The van der Waals surface area contributed by atoms with Gasteiger partial charge in [-0.05, 0) is 81.0 Å². The van der Waals surface area contributed by atoms with Crippen molar-refractivity contribution in [2.24, 2.45) is 5.92 Å². The minimum Gasteiger partial charge on any atom is -0.438 e. The number of nitrogens with zero attached hydrogens (tertiary/aromatic N) is 3. The van der Waals surface area contributed by atoms with Crippen molar-refractivity contribution in [1.29, 1.82) is 0 Å². The van der Waals surface area contributed by atoms with E-state index in [1.807, 2.05) is 32.0 Å². The number of hydrogen-bond donors (Lipinski definition) is 0. The molecule has 176 valence electrons. The Labute approximate surface area is 204 Å². The zero-order chi connectivity index (χ0) is 23.9. The average Bonchev–Trinajstić information content (AvgIpc) is 3.17. The summed E-state index contributed by atoms with van der Waals surface area (Å²) >= 11 is 1.74. The number of benzene rings is 2. The number of thiophene rings is 1. The number of para-hydroxylation sites is 1. The molecule has 8 heteroatoms. The van der Waals surface area contributed by atoms with Gasteiger partial charge >= 0.3 is 0 Å². The molecule has 0 saturated carbocycles. The van der Waals surface area contributed by atoms with Crippen LogP contribution in [0.2, 0.25) is 0 Å². The van der Waals surface area contributed by atoms with Crippen LogP contribution in [0, 0.1) is 12.8 Å². The summed E-state index contributed by atoms with van der Waals surface area (Å²) in [7, 11) is -3.69. The zero-order valence-corrected chi connectivity index (χ0v) is 21.1. The van der Waals surface area contributed by atoms with Crippen molar-refractivity contribution in [2.75, 3.05) is 10.8 Å². The van der Waals surface area contributed by atoms with Gasteiger partial charge in [0.05, 0.1) is 16.0 Å². The molecule has 0 saturated heterocycles. The topological polar surface area (TPSA) is 72.4 Å². The quantitative estimate of drug-likeness (QED) is 0.323. The lowest BCUT2D eigenvalue weighted by Gasteiger charge is -2.23. The number of hydrogen-bond acceptors (Lipinski definition) is 6. The molecule has 5 rings (SSSR count). The predicted molar refractivity (Wildman–Crippen MR) is 137 cm³/mol. The van der Waals surface area contributed by atoms with Gasteiger partial charge in [-0.1, -0.05) is 25.1 Å². The molecule has 1 aliphatic rings. The summed E-state index contributed by atoms with van der Waals surface area (Å²) in [5, 5.41) is 0.996. The second-order valence-corrected chi connectivity index (χ2v) is 11.6. The summed E-state index contributed by atoms with van der Waals surface area (Å²) in [6, 6.07) is 15.7. The van der Waals surface area contributed by atoms with Crippen molar-refractivity contribution in [3.8, 4) is 11.6 Å². The SMILES string of the molecule is CCN(c1ccccc1)S(=O)(=O)c1ccc(Oc2nc(C)nc3sc4c(c23)CC[C@@H](C)C4)cc1. The molecule has 2 aromatic heterocycles. The maximum absolute atomic E-state index is 13.3. The lowest BCUT2D eigenvalue weighted by molar-refractivity contribution is 0.464. The van der Waals surface area contributed by atoms with Gasteiger partial charge in [-0.15, -0.1) is 11.3 Å². The summed E-state index contributed by atoms with van der Waals surface area (Å²) in [6.45, 7) is 6.32. The molecule has 1 aliphatic carbocycles. The van der Waals surface area contributed by atoms with Crippen LogP contribution in [0.1, 0.15) is 36.5 Å². The number of sulfonamides is 1. The molecule has 0 radical (unpaired) electrons. The standard InChI is InChI=1S/C26H27N3O3S2/c1-4-29(19-8-6-5-7-9-19)34(30,31)21-13-11-20(12-14-21)32-25-24-22-15-10-17(2)16-23(22)33-26(24)28-18(3)27-25/h5-9,11-14,17H,4,10,15-16H2,1-3H3/t17-/m1/s1. The van der Waals surface area contributed by atoms with Crippen LogP contribution in [0.3, 0.4) is 0 Å². The largest absolute Gasteiger partial charge is 0.438 e. The van der Waals surface area contributed by atoms with Crippen molar-refractivity contribution >= 4 is 37.3 Å². The molecule has 6 nitrogen and oxygen atoms in total. The summed E-state index contributed by atoms with van der Waals surface area (Å²) in [4.78, 5) is 11.8. The van der Waals surface area contributed by atoms with Gasteiger partial charge in [0, 0.05) is 11.4 Å². The second-order valence-electron chi connectivity index (χ2n) is 8.69. The van der Waals surface area contributed by atoms with Crippen LogP contribution in [-0.2, 0) is 22.9 Å². The highest BCUT2D eigenvalue weighted by atomic mass is 32.2. The minimum absolute atomic E-state index is 0.219. The first-order valence-corrected chi connectivity index (χ1v) is 13.8. The van der Waals surface area contributed by atoms with E-state index in [1.54, 1.807) is 47.7 Å². The highest BCUT2D eigenvalue weighted by Crippen LogP contribution is 2.42. The highest BCUT2D eigenvalue weighted by molar-refractivity contribution is 7.92. The monoisotopic (exact) mass is 493 g/mol. The van der Waals surface area contributed by atoms with Crippen LogP contribution in [0.25, 0.3) is 10.2 Å². The molecule has 0 unspecified atom stereocenters. The van der Waals surface area contributed by atoms with Gasteiger partial charge < -0.3 is 4.74 Å². The number of anilines is 1. The summed E-state index contributed by atoms with van der Waals surface area (Å²) in [6.07, 6.45) is 3.22. The Kier molecular flexibility index (Phi) is 6.04. The third-order valence-corrected chi connectivity index (χ3v) is 9.26. The second kappa shape index (κ2) is 9.00. The first-order valence-electron chi connectivity index (χ1n) is 11.5. The van der Waals surface area contributed by atoms with Gasteiger partial charge in [-0.2, -0.15) is 4.98 Å². The number of rotatable bonds is 6. The smallest absolute Gasteiger partial charge is 0.264 e. The number of ether oxygens (including phenoxy) is 1. The fraction of sp³-hybridized carbons (Fsp3) is 0.308. The molecule has 34 heavy (non-hydrogen) atoms. The molecule has 0 aliphatic heterocycles. The highest BCUT2D eigenvalue weighted by Gasteiger charge is 2.26. The van der Waals surface area contributed by atoms with E-state index in [1.165, 1.54) is 14.7 Å². The van der Waals surface area contributed by atoms with Gasteiger partial charge in [0.25, 0.3) is 10.0 Å². The third-order valence-electron chi connectivity index (χ3n) is 6.19. The Balaban J connectivity index is 1.46. The van der Waals surface area contributed by atoms with E-state index < -0.39 is 10.0 Å².